The van der Waals surface area contributed by atoms with Gasteiger partial charge >= 0.3 is 6.09 Å². The van der Waals surface area contributed by atoms with Crippen molar-refractivity contribution in [3.8, 4) is 17.4 Å². The molecule has 3 aromatic rings. The Morgan fingerprint density at radius 3 is 2.69 bits per heavy atom. The molecular weight excluding hydrogens is 498 g/mol. The van der Waals surface area contributed by atoms with Crippen LogP contribution in [0, 0.1) is 11.6 Å². The number of nitrogens with zero attached hydrogens (tertiary/aromatic N) is 4. The van der Waals surface area contributed by atoms with Gasteiger partial charge in [-0.1, -0.05) is 0 Å². The number of nitrogens with one attached hydrogen (secondary N) is 2. The van der Waals surface area contributed by atoms with Gasteiger partial charge in [0.15, 0.2) is 23.2 Å². The Morgan fingerprint density at radius 1 is 1.22 bits per heavy atom. The van der Waals surface area contributed by atoms with Gasteiger partial charge in [-0.05, 0) is 37.5 Å². The second kappa shape index (κ2) is 8.95. The fourth-order valence-corrected chi connectivity index (χ4v) is 4.78. The maximum Gasteiger partial charge on any atom is 0.416 e. The van der Waals surface area contributed by atoms with E-state index in [1.807, 2.05) is 9.44 Å². The predicted octanol–water partition coefficient (Wildman–Crippen LogP) is 3.21. The number of anilines is 1. The largest absolute Gasteiger partial charge is 0.434 e. The molecule has 0 radical (unpaired) electrons. The van der Waals surface area contributed by atoms with Crippen molar-refractivity contribution in [3.05, 3.63) is 65.5 Å². The van der Waals surface area contributed by atoms with E-state index in [-0.39, 0.29) is 29.5 Å². The molecular formula is C22H20F2N6O5S. The smallest absolute Gasteiger partial charge is 0.416 e. The van der Waals surface area contributed by atoms with Gasteiger partial charge in [0.05, 0.1) is 12.1 Å². The third kappa shape index (κ3) is 4.18. The molecule has 0 saturated heterocycles. The van der Waals surface area contributed by atoms with E-state index in [2.05, 4.69) is 15.2 Å². The fraction of sp³-hybridized carbons (Fsp3) is 0.273. The Kier molecular flexibility index (Phi) is 5.92. The Bertz CT molecular complexity index is 1440. The quantitative estimate of drug-likeness (QED) is 0.487. The first-order chi connectivity index (χ1) is 17.2. The zero-order valence-corrected chi connectivity index (χ0v) is 19.7. The average Bonchev–Trinajstić information content (AvgIpc) is 2.82. The number of carbonyl (C=O) groups excluding carboxylic acids is 1. The molecule has 0 atom stereocenters. The first-order valence-electron chi connectivity index (χ1n) is 10.9. The minimum Gasteiger partial charge on any atom is -0.434 e. The number of hydrogen-bond donors (Lipinski definition) is 2. The zero-order chi connectivity index (χ0) is 25.5. The van der Waals surface area contributed by atoms with Crippen LogP contribution in [-0.2, 0) is 22.3 Å². The van der Waals surface area contributed by atoms with Crippen LogP contribution < -0.4 is 18.9 Å². The molecule has 14 heteroatoms. The summed E-state index contributed by atoms with van der Waals surface area (Å²) >= 11 is 0. The lowest BCUT2D eigenvalue weighted by Gasteiger charge is -2.52. The van der Waals surface area contributed by atoms with Crippen LogP contribution >= 0.6 is 0 Å². The fourth-order valence-electron chi connectivity index (χ4n) is 4.28. The molecule has 1 spiro atoms. The molecule has 3 heterocycles. The molecule has 36 heavy (non-hydrogen) atoms. The lowest BCUT2D eigenvalue weighted by atomic mass is 9.69. The highest BCUT2D eigenvalue weighted by molar-refractivity contribution is 7.90. The Labute approximate surface area is 204 Å². The highest BCUT2D eigenvalue weighted by Crippen LogP contribution is 2.54. The maximum atomic E-state index is 15.1. The van der Waals surface area contributed by atoms with E-state index in [9.17, 15) is 13.2 Å². The molecule has 1 aliphatic heterocycles. The number of carbonyl (C=O) groups is 1. The predicted molar refractivity (Wildman–Crippen MR) is 121 cm³/mol. The van der Waals surface area contributed by atoms with Gasteiger partial charge < -0.3 is 9.47 Å². The molecule has 0 bridgehead atoms. The number of pyridine rings is 1. The second-order valence-corrected chi connectivity index (χ2v) is 9.84. The van der Waals surface area contributed by atoms with Crippen LogP contribution in [-0.4, -0.2) is 41.6 Å². The minimum absolute atomic E-state index is 0.00792. The van der Waals surface area contributed by atoms with Crippen molar-refractivity contribution in [2.75, 3.05) is 11.8 Å². The summed E-state index contributed by atoms with van der Waals surface area (Å²) in [6, 6.07) is 6.94. The topological polar surface area (TPSA) is 136 Å². The van der Waals surface area contributed by atoms with Crippen LogP contribution in [0.25, 0.3) is 0 Å². The first kappa shape index (κ1) is 23.8. The number of hydrogen-bond acceptors (Lipinski definition) is 8. The summed E-state index contributed by atoms with van der Waals surface area (Å²) in [6.45, 7) is -0.250. The molecule has 1 fully saturated rings. The van der Waals surface area contributed by atoms with Crippen molar-refractivity contribution in [3.63, 3.8) is 0 Å². The number of fused-ring (bicyclic) bond motifs is 2. The van der Waals surface area contributed by atoms with Gasteiger partial charge in [0.2, 0.25) is 5.88 Å². The van der Waals surface area contributed by atoms with Crippen LogP contribution in [0.1, 0.15) is 30.4 Å². The van der Waals surface area contributed by atoms with E-state index in [1.165, 1.54) is 41.6 Å². The number of ether oxygens (including phenoxy) is 2. The second-order valence-electron chi connectivity index (χ2n) is 8.22. The third-order valence-corrected chi connectivity index (χ3v) is 7.21. The molecule has 2 N–H and O–H groups in total. The summed E-state index contributed by atoms with van der Waals surface area (Å²) < 4.78 is 68.7. The summed E-state index contributed by atoms with van der Waals surface area (Å²) in [5.74, 6) is -2.14. The molecule has 1 aromatic carbocycles. The van der Waals surface area contributed by atoms with E-state index >= 15 is 8.78 Å². The van der Waals surface area contributed by atoms with Crippen molar-refractivity contribution in [2.24, 2.45) is 0 Å². The highest BCUT2D eigenvalue weighted by atomic mass is 32.2. The van der Waals surface area contributed by atoms with E-state index in [0.717, 1.165) is 13.5 Å². The molecule has 188 valence electrons. The summed E-state index contributed by atoms with van der Waals surface area (Å²) in [4.78, 5) is 18.1. The highest BCUT2D eigenvalue weighted by Gasteiger charge is 2.52. The molecule has 5 rings (SSSR count). The summed E-state index contributed by atoms with van der Waals surface area (Å²) in [5.41, 5.74) is -0.479. The number of amides is 1. The van der Waals surface area contributed by atoms with Gasteiger partial charge in [-0.3, -0.25) is 9.62 Å². The van der Waals surface area contributed by atoms with Gasteiger partial charge in [0, 0.05) is 42.7 Å². The van der Waals surface area contributed by atoms with Crippen LogP contribution in [0.5, 0.6) is 17.4 Å². The summed E-state index contributed by atoms with van der Waals surface area (Å²) in [7, 11) is -2.85. The van der Waals surface area contributed by atoms with E-state index in [0.29, 0.717) is 18.4 Å². The molecule has 1 aliphatic carbocycles. The van der Waals surface area contributed by atoms with Crippen LogP contribution in [0.2, 0.25) is 0 Å². The van der Waals surface area contributed by atoms with Crippen LogP contribution in [0.3, 0.4) is 0 Å². The number of benzene rings is 1. The monoisotopic (exact) mass is 518 g/mol. The SMILES string of the molecule is CNS(=O)(=O)Nc1nccc(CN2C(=O)Oc3cc(Oc4cccnn4)c(F)cc3C23CCC3)c1F. The third-order valence-electron chi connectivity index (χ3n) is 6.21. The lowest BCUT2D eigenvalue weighted by molar-refractivity contribution is 0.000795. The van der Waals surface area contributed by atoms with Gasteiger partial charge in [-0.25, -0.2) is 23.3 Å². The van der Waals surface area contributed by atoms with Crippen LogP contribution in [0.15, 0.2) is 42.7 Å². The molecule has 0 unspecified atom stereocenters. The van der Waals surface area contributed by atoms with E-state index in [4.69, 9.17) is 9.47 Å². The zero-order valence-electron chi connectivity index (χ0n) is 18.9. The van der Waals surface area contributed by atoms with Crippen molar-refractivity contribution < 1.29 is 31.5 Å². The van der Waals surface area contributed by atoms with Gasteiger partial charge in [0.25, 0.3) is 10.2 Å². The standard InChI is InChI=1S/C22H20F2N6O5S/c1-25-36(32,33)29-20-19(24)13(5-9-26-20)12-30-21(31)35-16-11-17(34-18-4-2-8-27-28-18)15(23)10-14(16)22(30)6-3-7-22/h2,4-5,8-11,25H,3,6-7,12H2,1H3,(H,26,29). The lowest BCUT2D eigenvalue weighted by Crippen LogP contribution is -2.57. The van der Waals surface area contributed by atoms with Crippen LogP contribution in [0.4, 0.5) is 19.4 Å². The van der Waals surface area contributed by atoms with E-state index < -0.39 is 39.3 Å². The number of rotatable bonds is 7. The van der Waals surface area contributed by atoms with Gasteiger partial charge in [-0.15, -0.1) is 5.10 Å². The van der Waals surface area contributed by atoms with Crippen molar-refractivity contribution >= 4 is 22.1 Å². The Hall–Kier alpha value is -3.91. The minimum atomic E-state index is -4.01. The molecule has 2 aliphatic rings. The number of halogens is 2. The van der Waals surface area contributed by atoms with Gasteiger partial charge in [0.1, 0.15) is 5.75 Å². The first-order valence-corrected chi connectivity index (χ1v) is 12.3. The Balaban J connectivity index is 1.48. The molecule has 1 amide bonds. The normalized spacial score (nSPS) is 16.2. The van der Waals surface area contributed by atoms with Crippen molar-refractivity contribution in [2.45, 2.75) is 31.3 Å². The van der Waals surface area contributed by atoms with Crippen molar-refractivity contribution in [1.82, 2.24) is 24.8 Å². The summed E-state index contributed by atoms with van der Waals surface area (Å²) in [5, 5.41) is 7.43. The Morgan fingerprint density at radius 2 is 2.03 bits per heavy atom. The molecule has 1 saturated carbocycles. The molecule has 11 nitrogen and oxygen atoms in total. The maximum absolute atomic E-state index is 15.1. The van der Waals surface area contributed by atoms with Crippen molar-refractivity contribution in [1.29, 1.82) is 0 Å². The van der Waals surface area contributed by atoms with E-state index in [1.54, 1.807) is 6.07 Å². The summed E-state index contributed by atoms with van der Waals surface area (Å²) in [6.07, 6.45) is 3.67. The molecule has 2 aromatic heterocycles. The average molecular weight is 519 g/mol. The number of aromatic nitrogens is 3. The van der Waals surface area contributed by atoms with Gasteiger partial charge in [-0.2, -0.15) is 13.5 Å².